The fourth-order valence-electron chi connectivity index (χ4n) is 4.38. The van der Waals surface area contributed by atoms with Gasteiger partial charge in [-0.3, -0.25) is 9.59 Å². The van der Waals surface area contributed by atoms with Gasteiger partial charge in [0.15, 0.2) is 11.5 Å². The van der Waals surface area contributed by atoms with Crippen LogP contribution < -0.4 is 9.47 Å². The molecular weight excluding hydrogens is 489 g/mol. The van der Waals surface area contributed by atoms with E-state index in [1.54, 1.807) is 36.4 Å². The monoisotopic (exact) mass is 509 g/mol. The van der Waals surface area contributed by atoms with E-state index in [0.717, 1.165) is 5.56 Å². The highest BCUT2D eigenvalue weighted by Gasteiger charge is 2.46. The van der Waals surface area contributed by atoms with Crippen LogP contribution in [0.1, 0.15) is 22.7 Å². The predicted molar refractivity (Wildman–Crippen MR) is 133 cm³/mol. The molecule has 0 bridgehead atoms. The smallest absolute Gasteiger partial charge is 0.295 e. The summed E-state index contributed by atoms with van der Waals surface area (Å²) in [6.07, 6.45) is 0.537. The van der Waals surface area contributed by atoms with Gasteiger partial charge in [-0.15, -0.1) is 0 Å². The number of rotatable bonds is 5. The second-order valence-corrected chi connectivity index (χ2v) is 9.07. The van der Waals surface area contributed by atoms with E-state index >= 15 is 0 Å². The topological polar surface area (TPSA) is 76.1 Å². The first-order chi connectivity index (χ1) is 16.9. The van der Waals surface area contributed by atoms with Gasteiger partial charge in [-0.1, -0.05) is 59.6 Å². The summed E-state index contributed by atoms with van der Waals surface area (Å²) in [7, 11) is 0. The largest absolute Gasteiger partial charge is 0.507 e. The van der Waals surface area contributed by atoms with E-state index in [2.05, 4.69) is 0 Å². The number of fused-ring (bicyclic) bond motifs is 1. The summed E-state index contributed by atoms with van der Waals surface area (Å²) in [5.41, 5.74) is 1.93. The number of ketones is 1. The van der Waals surface area contributed by atoms with Crippen molar-refractivity contribution in [3.05, 3.63) is 99.0 Å². The molecule has 0 spiro atoms. The van der Waals surface area contributed by atoms with Crippen LogP contribution in [0.15, 0.2) is 72.3 Å². The van der Waals surface area contributed by atoms with Crippen LogP contribution in [-0.4, -0.2) is 41.5 Å². The van der Waals surface area contributed by atoms with Crippen molar-refractivity contribution in [2.24, 2.45) is 0 Å². The highest BCUT2D eigenvalue weighted by Crippen LogP contribution is 2.42. The molecule has 178 valence electrons. The number of nitrogens with zero attached hydrogens (tertiary/aromatic N) is 1. The molecular formula is C27H21Cl2NO5. The Bertz CT molecular complexity index is 1340. The Morgan fingerprint density at radius 3 is 2.40 bits per heavy atom. The summed E-state index contributed by atoms with van der Waals surface area (Å²) in [6.45, 7) is 1.09. The number of aliphatic hydroxyl groups is 1. The van der Waals surface area contributed by atoms with Crippen molar-refractivity contribution in [1.29, 1.82) is 0 Å². The molecule has 3 aromatic carbocycles. The molecule has 6 nitrogen and oxygen atoms in total. The Labute approximate surface area is 212 Å². The number of ether oxygens (including phenoxy) is 2. The van der Waals surface area contributed by atoms with Crippen LogP contribution in [-0.2, 0) is 16.0 Å². The Balaban J connectivity index is 1.59. The Kier molecular flexibility index (Phi) is 6.41. The van der Waals surface area contributed by atoms with E-state index in [9.17, 15) is 14.7 Å². The lowest BCUT2D eigenvalue weighted by atomic mass is 9.95. The first kappa shape index (κ1) is 23.3. The molecule has 2 heterocycles. The maximum absolute atomic E-state index is 13.2. The second-order valence-electron chi connectivity index (χ2n) is 8.26. The summed E-state index contributed by atoms with van der Waals surface area (Å²) in [4.78, 5) is 27.9. The average Bonchev–Trinajstić information content (AvgIpc) is 3.14. The molecule has 0 radical (unpaired) electrons. The van der Waals surface area contributed by atoms with Gasteiger partial charge in [0.05, 0.1) is 21.7 Å². The standard InChI is InChI=1S/C27H21Cl2NO5/c28-19-8-6-17(14-20(19)29)24-23(25(31)18-7-9-21-22(15-18)35-13-12-34-21)26(32)27(33)30(24)11-10-16-4-2-1-3-5-16/h1-9,14-15,24,31H,10-13H2/b25-23+/t24-/m1/s1. The van der Waals surface area contributed by atoms with Gasteiger partial charge in [0, 0.05) is 12.1 Å². The van der Waals surface area contributed by atoms with E-state index in [1.807, 2.05) is 30.3 Å². The van der Waals surface area contributed by atoms with Crippen LogP contribution in [0.4, 0.5) is 0 Å². The molecule has 3 aromatic rings. The quantitative estimate of drug-likeness (QED) is 0.282. The third-order valence-corrected chi connectivity index (χ3v) is 6.84. The van der Waals surface area contributed by atoms with Crippen LogP contribution in [0.2, 0.25) is 10.0 Å². The van der Waals surface area contributed by atoms with Crippen molar-refractivity contribution >= 4 is 40.7 Å². The molecule has 1 N–H and O–H groups in total. The first-order valence-electron chi connectivity index (χ1n) is 11.1. The Morgan fingerprint density at radius 2 is 1.66 bits per heavy atom. The molecule has 0 unspecified atom stereocenters. The molecule has 0 aromatic heterocycles. The molecule has 2 aliphatic rings. The number of Topliss-reactive ketones (excluding diaryl/α,β-unsaturated/α-hetero) is 1. The lowest BCUT2D eigenvalue weighted by molar-refractivity contribution is -0.139. The van der Waals surface area contributed by atoms with Gasteiger partial charge in [-0.25, -0.2) is 0 Å². The van der Waals surface area contributed by atoms with Gasteiger partial charge in [-0.05, 0) is 47.9 Å². The van der Waals surface area contributed by atoms with Crippen LogP contribution in [0, 0.1) is 0 Å². The number of hydrogen-bond donors (Lipinski definition) is 1. The predicted octanol–water partition coefficient (Wildman–Crippen LogP) is 5.43. The fraction of sp³-hybridized carbons (Fsp3) is 0.185. The maximum Gasteiger partial charge on any atom is 0.295 e. The molecule has 1 amide bonds. The van der Waals surface area contributed by atoms with Gasteiger partial charge in [-0.2, -0.15) is 0 Å². The number of halogens is 2. The zero-order valence-corrected chi connectivity index (χ0v) is 20.1. The molecule has 5 rings (SSSR count). The summed E-state index contributed by atoms with van der Waals surface area (Å²) in [6, 6.07) is 18.7. The summed E-state index contributed by atoms with van der Waals surface area (Å²) >= 11 is 12.4. The fourth-order valence-corrected chi connectivity index (χ4v) is 4.69. The van der Waals surface area contributed by atoms with Gasteiger partial charge in [0.1, 0.15) is 19.0 Å². The van der Waals surface area contributed by atoms with E-state index in [0.29, 0.717) is 47.3 Å². The van der Waals surface area contributed by atoms with E-state index in [4.69, 9.17) is 32.7 Å². The van der Waals surface area contributed by atoms with Crippen LogP contribution in [0.3, 0.4) is 0 Å². The third kappa shape index (κ3) is 4.47. The number of amides is 1. The molecule has 2 aliphatic heterocycles. The van der Waals surface area contributed by atoms with Crippen LogP contribution >= 0.6 is 23.2 Å². The number of carbonyl (C=O) groups excluding carboxylic acids is 2. The molecule has 1 atom stereocenters. The molecule has 1 fully saturated rings. The number of hydrogen-bond acceptors (Lipinski definition) is 5. The second kappa shape index (κ2) is 9.64. The van der Waals surface area contributed by atoms with Crippen LogP contribution in [0.25, 0.3) is 5.76 Å². The van der Waals surface area contributed by atoms with Crippen molar-refractivity contribution in [3.8, 4) is 11.5 Å². The molecule has 1 saturated heterocycles. The molecule has 0 aliphatic carbocycles. The van der Waals surface area contributed by atoms with E-state index < -0.39 is 17.7 Å². The van der Waals surface area contributed by atoms with Gasteiger partial charge >= 0.3 is 0 Å². The number of benzene rings is 3. The van der Waals surface area contributed by atoms with Crippen molar-refractivity contribution in [2.45, 2.75) is 12.5 Å². The van der Waals surface area contributed by atoms with Crippen molar-refractivity contribution < 1.29 is 24.2 Å². The maximum atomic E-state index is 13.2. The van der Waals surface area contributed by atoms with Gasteiger partial charge < -0.3 is 19.5 Å². The van der Waals surface area contributed by atoms with Crippen molar-refractivity contribution in [2.75, 3.05) is 19.8 Å². The highest BCUT2D eigenvalue weighted by atomic mass is 35.5. The molecule has 35 heavy (non-hydrogen) atoms. The van der Waals surface area contributed by atoms with Gasteiger partial charge in [0.25, 0.3) is 11.7 Å². The zero-order valence-electron chi connectivity index (χ0n) is 18.5. The zero-order chi connectivity index (χ0) is 24.5. The third-order valence-electron chi connectivity index (χ3n) is 6.10. The molecule has 0 saturated carbocycles. The molecule has 8 heteroatoms. The lowest BCUT2D eigenvalue weighted by Crippen LogP contribution is -2.31. The minimum absolute atomic E-state index is 0.0156. The number of aliphatic hydroxyl groups excluding tert-OH is 1. The minimum atomic E-state index is -0.832. The summed E-state index contributed by atoms with van der Waals surface area (Å²) in [5.74, 6) is -0.724. The van der Waals surface area contributed by atoms with E-state index in [-0.39, 0.29) is 22.9 Å². The van der Waals surface area contributed by atoms with Crippen molar-refractivity contribution in [1.82, 2.24) is 4.90 Å². The van der Waals surface area contributed by atoms with Gasteiger partial charge in [0.2, 0.25) is 0 Å². The van der Waals surface area contributed by atoms with Crippen molar-refractivity contribution in [3.63, 3.8) is 0 Å². The minimum Gasteiger partial charge on any atom is -0.507 e. The summed E-state index contributed by atoms with van der Waals surface area (Å²) in [5, 5.41) is 11.9. The Hall–Kier alpha value is -3.48. The SMILES string of the molecule is O=C1C(=O)N(CCc2ccccc2)[C@H](c2ccc(Cl)c(Cl)c2)/C1=C(\O)c1ccc2c(c1)OCCO2. The summed E-state index contributed by atoms with van der Waals surface area (Å²) < 4.78 is 11.2. The van der Waals surface area contributed by atoms with Crippen LogP contribution in [0.5, 0.6) is 11.5 Å². The lowest BCUT2D eigenvalue weighted by Gasteiger charge is -2.26. The average molecular weight is 510 g/mol. The highest BCUT2D eigenvalue weighted by molar-refractivity contribution is 6.46. The normalized spacial score (nSPS) is 18.7. The first-order valence-corrected chi connectivity index (χ1v) is 11.9. The van der Waals surface area contributed by atoms with E-state index in [1.165, 1.54) is 4.90 Å². The Morgan fingerprint density at radius 1 is 0.914 bits per heavy atom. The number of carbonyl (C=O) groups is 2. The number of likely N-dealkylation sites (tertiary alicyclic amines) is 1.